The molecule has 25 heavy (non-hydrogen) atoms. The summed E-state index contributed by atoms with van der Waals surface area (Å²) >= 11 is 0. The third kappa shape index (κ3) is 5.08. The standard InChI is InChI=1S/C20H26FNO3/c1-4-5-11-22-18-13-15(20(23)24-3)12-17(14(2)21)19(18)25-16-9-7-6-8-10-16/h6-9,12-14,16,22H,4-5,10-11H2,1-3H3. The van der Waals surface area contributed by atoms with Crippen LogP contribution in [-0.2, 0) is 4.74 Å². The van der Waals surface area contributed by atoms with Gasteiger partial charge in [0.1, 0.15) is 18.0 Å². The molecule has 0 saturated carbocycles. The van der Waals surface area contributed by atoms with Gasteiger partial charge in [0, 0.05) is 18.5 Å². The minimum atomic E-state index is -1.27. The van der Waals surface area contributed by atoms with Crippen LogP contribution in [0.2, 0.25) is 0 Å². The first kappa shape index (κ1) is 19.0. The number of carbonyl (C=O) groups excluding carboxylic acids is 1. The van der Waals surface area contributed by atoms with Gasteiger partial charge in [0.15, 0.2) is 0 Å². The summed E-state index contributed by atoms with van der Waals surface area (Å²) in [4.78, 5) is 11.9. The molecular weight excluding hydrogens is 321 g/mol. The number of benzene rings is 1. The lowest BCUT2D eigenvalue weighted by atomic mass is 10.0. The average molecular weight is 347 g/mol. The van der Waals surface area contributed by atoms with Crippen LogP contribution in [0.15, 0.2) is 36.4 Å². The van der Waals surface area contributed by atoms with Crippen molar-refractivity contribution >= 4 is 11.7 Å². The smallest absolute Gasteiger partial charge is 0.337 e. The van der Waals surface area contributed by atoms with Crippen molar-refractivity contribution in [2.45, 2.75) is 45.4 Å². The van der Waals surface area contributed by atoms with Crippen molar-refractivity contribution < 1.29 is 18.7 Å². The number of ether oxygens (including phenoxy) is 2. The molecule has 1 aromatic carbocycles. The molecule has 0 radical (unpaired) electrons. The monoisotopic (exact) mass is 347 g/mol. The van der Waals surface area contributed by atoms with Crippen molar-refractivity contribution in [3.8, 4) is 5.75 Å². The van der Waals surface area contributed by atoms with Crippen LogP contribution in [0.3, 0.4) is 0 Å². The Balaban J connectivity index is 2.41. The summed E-state index contributed by atoms with van der Waals surface area (Å²) in [5.74, 6) is -0.0313. The molecule has 1 aliphatic carbocycles. The Kier molecular flexibility index (Phi) is 7.04. The second-order valence-corrected chi connectivity index (χ2v) is 6.04. The lowest BCUT2D eigenvalue weighted by Gasteiger charge is -2.23. The van der Waals surface area contributed by atoms with Crippen LogP contribution in [0, 0.1) is 0 Å². The van der Waals surface area contributed by atoms with Gasteiger partial charge in [0.25, 0.3) is 0 Å². The van der Waals surface area contributed by atoms with Gasteiger partial charge in [-0.3, -0.25) is 0 Å². The number of unbranched alkanes of at least 4 members (excludes halogenated alkanes) is 1. The van der Waals surface area contributed by atoms with Gasteiger partial charge in [-0.15, -0.1) is 0 Å². The van der Waals surface area contributed by atoms with E-state index in [1.165, 1.54) is 20.1 Å². The number of allylic oxidation sites excluding steroid dienone is 2. The number of carbonyl (C=O) groups is 1. The molecular formula is C20H26FNO3. The summed E-state index contributed by atoms with van der Waals surface area (Å²) in [6, 6.07) is 3.18. The van der Waals surface area contributed by atoms with Gasteiger partial charge in [-0.05, 0) is 31.6 Å². The molecule has 0 spiro atoms. The Labute approximate surface area is 148 Å². The zero-order chi connectivity index (χ0) is 18.2. The van der Waals surface area contributed by atoms with Crippen LogP contribution in [0.25, 0.3) is 0 Å². The maximum Gasteiger partial charge on any atom is 0.337 e. The molecule has 0 bridgehead atoms. The molecule has 2 atom stereocenters. The fourth-order valence-corrected chi connectivity index (χ4v) is 2.64. The molecule has 0 amide bonds. The Morgan fingerprint density at radius 2 is 2.20 bits per heavy atom. The number of alkyl halides is 1. The number of rotatable bonds is 8. The van der Waals surface area contributed by atoms with E-state index in [2.05, 4.69) is 12.2 Å². The molecule has 0 saturated heterocycles. The van der Waals surface area contributed by atoms with E-state index in [0.717, 1.165) is 25.8 Å². The molecule has 1 aliphatic rings. The van der Waals surface area contributed by atoms with E-state index in [1.54, 1.807) is 6.07 Å². The number of esters is 1. The van der Waals surface area contributed by atoms with Crippen molar-refractivity contribution in [1.82, 2.24) is 0 Å². The van der Waals surface area contributed by atoms with Crippen molar-refractivity contribution in [2.24, 2.45) is 0 Å². The number of anilines is 1. The van der Waals surface area contributed by atoms with Crippen LogP contribution in [0.4, 0.5) is 10.1 Å². The Morgan fingerprint density at radius 1 is 1.40 bits per heavy atom. The Bertz CT molecular complexity index is 653. The van der Waals surface area contributed by atoms with Crippen molar-refractivity contribution in [3.63, 3.8) is 0 Å². The van der Waals surface area contributed by atoms with Crippen LogP contribution in [0.1, 0.15) is 55.2 Å². The van der Waals surface area contributed by atoms with Crippen molar-refractivity contribution in [3.05, 3.63) is 47.6 Å². The fraction of sp³-hybridized carbons (Fsp3) is 0.450. The SMILES string of the molecule is CCCCNc1cc(C(=O)OC)cc(C(C)F)c1OC1C=CC=CC1. The van der Waals surface area contributed by atoms with Gasteiger partial charge >= 0.3 is 5.97 Å². The maximum atomic E-state index is 14.3. The van der Waals surface area contributed by atoms with E-state index in [4.69, 9.17) is 9.47 Å². The van der Waals surface area contributed by atoms with Crippen molar-refractivity contribution in [1.29, 1.82) is 0 Å². The molecule has 2 rings (SSSR count). The summed E-state index contributed by atoms with van der Waals surface area (Å²) in [5, 5.41) is 3.28. The van der Waals surface area contributed by atoms with Gasteiger partial charge in [-0.25, -0.2) is 9.18 Å². The van der Waals surface area contributed by atoms with Crippen LogP contribution >= 0.6 is 0 Å². The summed E-state index contributed by atoms with van der Waals surface area (Å²) in [5.41, 5.74) is 1.29. The predicted octanol–water partition coefficient (Wildman–Crippen LogP) is 4.98. The molecule has 136 valence electrons. The molecule has 1 aromatic rings. The van der Waals surface area contributed by atoms with Gasteiger partial charge in [0.2, 0.25) is 0 Å². The van der Waals surface area contributed by atoms with Crippen LogP contribution < -0.4 is 10.1 Å². The normalized spacial score (nSPS) is 17.2. The molecule has 2 unspecified atom stereocenters. The van der Waals surface area contributed by atoms with E-state index >= 15 is 0 Å². The molecule has 1 N–H and O–H groups in total. The fourth-order valence-electron chi connectivity index (χ4n) is 2.64. The summed E-state index contributed by atoms with van der Waals surface area (Å²) in [7, 11) is 1.31. The lowest BCUT2D eigenvalue weighted by molar-refractivity contribution is 0.0600. The quantitative estimate of drug-likeness (QED) is 0.532. The minimum absolute atomic E-state index is 0.154. The highest BCUT2D eigenvalue weighted by Crippen LogP contribution is 2.38. The average Bonchev–Trinajstić information content (AvgIpc) is 2.62. The van der Waals surface area contributed by atoms with Crippen molar-refractivity contribution in [2.75, 3.05) is 19.0 Å². The van der Waals surface area contributed by atoms with E-state index in [-0.39, 0.29) is 6.10 Å². The summed E-state index contributed by atoms with van der Waals surface area (Å²) in [6.07, 6.45) is 9.12. The van der Waals surface area contributed by atoms with Crippen LogP contribution in [0.5, 0.6) is 5.75 Å². The first-order chi connectivity index (χ1) is 12.1. The first-order valence-corrected chi connectivity index (χ1v) is 8.71. The molecule has 0 fully saturated rings. The molecule has 5 heteroatoms. The summed E-state index contributed by atoms with van der Waals surface area (Å²) < 4.78 is 25.1. The van der Waals surface area contributed by atoms with Gasteiger partial charge < -0.3 is 14.8 Å². The largest absolute Gasteiger partial charge is 0.483 e. The number of hydrogen-bond donors (Lipinski definition) is 1. The number of halogens is 1. The molecule has 4 nitrogen and oxygen atoms in total. The molecule has 0 aromatic heterocycles. The Hall–Kier alpha value is -2.30. The van der Waals surface area contributed by atoms with Gasteiger partial charge in [-0.2, -0.15) is 0 Å². The number of methoxy groups -OCH3 is 1. The highest BCUT2D eigenvalue weighted by Gasteiger charge is 2.22. The highest BCUT2D eigenvalue weighted by atomic mass is 19.1. The minimum Gasteiger partial charge on any atom is -0.483 e. The lowest BCUT2D eigenvalue weighted by Crippen LogP contribution is -2.17. The zero-order valence-electron chi connectivity index (χ0n) is 15.0. The van der Waals surface area contributed by atoms with E-state index in [0.29, 0.717) is 22.6 Å². The van der Waals surface area contributed by atoms with Gasteiger partial charge in [0.05, 0.1) is 18.4 Å². The molecule has 0 heterocycles. The first-order valence-electron chi connectivity index (χ1n) is 8.71. The third-order valence-corrected chi connectivity index (χ3v) is 4.02. The van der Waals surface area contributed by atoms with Crippen LogP contribution in [-0.4, -0.2) is 25.7 Å². The number of nitrogens with one attached hydrogen (secondary N) is 1. The highest BCUT2D eigenvalue weighted by molar-refractivity contribution is 5.91. The zero-order valence-corrected chi connectivity index (χ0v) is 15.0. The van der Waals surface area contributed by atoms with Gasteiger partial charge in [-0.1, -0.05) is 31.6 Å². The second kappa shape index (κ2) is 9.25. The van der Waals surface area contributed by atoms with E-state index in [1.807, 2.05) is 24.3 Å². The maximum absolute atomic E-state index is 14.3. The summed E-state index contributed by atoms with van der Waals surface area (Å²) in [6.45, 7) is 4.26. The molecule has 0 aliphatic heterocycles. The topological polar surface area (TPSA) is 47.6 Å². The number of hydrogen-bond acceptors (Lipinski definition) is 4. The predicted molar refractivity (Wildman–Crippen MR) is 98.0 cm³/mol. The van der Waals surface area contributed by atoms with E-state index < -0.39 is 12.1 Å². The second-order valence-electron chi connectivity index (χ2n) is 6.04. The Morgan fingerprint density at radius 3 is 2.80 bits per heavy atom. The third-order valence-electron chi connectivity index (χ3n) is 4.02. The van der Waals surface area contributed by atoms with E-state index in [9.17, 15) is 9.18 Å².